The van der Waals surface area contributed by atoms with E-state index in [1.54, 1.807) is 0 Å². The quantitative estimate of drug-likeness (QED) is 0.903. The molecule has 1 saturated heterocycles. The zero-order valence-electron chi connectivity index (χ0n) is 11.2. The van der Waals surface area contributed by atoms with Crippen molar-refractivity contribution in [2.75, 3.05) is 6.61 Å². The molecule has 1 fully saturated rings. The van der Waals surface area contributed by atoms with E-state index in [1.165, 1.54) is 5.56 Å². The Morgan fingerprint density at radius 2 is 2.21 bits per heavy atom. The van der Waals surface area contributed by atoms with Crippen LogP contribution in [0.5, 0.6) is 0 Å². The molecule has 1 aliphatic rings. The molecule has 1 aromatic carbocycles. The van der Waals surface area contributed by atoms with E-state index in [1.807, 2.05) is 19.1 Å². The van der Waals surface area contributed by atoms with Crippen LogP contribution < -0.4 is 5.32 Å². The Morgan fingerprint density at radius 3 is 2.84 bits per heavy atom. The molecule has 2 rings (SSSR count). The van der Waals surface area contributed by atoms with Crippen molar-refractivity contribution >= 4 is 21.8 Å². The summed E-state index contributed by atoms with van der Waals surface area (Å²) in [5, 5.41) is 3.03. The average Bonchev–Trinajstić information content (AvgIpc) is 2.92. The molecule has 0 aromatic heterocycles. The molecular formula is C15H20BrNO2. The zero-order valence-corrected chi connectivity index (χ0v) is 12.8. The third-order valence-corrected chi connectivity index (χ3v) is 3.92. The van der Waals surface area contributed by atoms with E-state index in [2.05, 4.69) is 33.4 Å². The summed E-state index contributed by atoms with van der Waals surface area (Å²) in [6, 6.07) is 8.49. The third kappa shape index (κ3) is 4.62. The Morgan fingerprint density at radius 1 is 1.47 bits per heavy atom. The molecule has 4 heteroatoms. The fourth-order valence-corrected chi connectivity index (χ4v) is 2.49. The van der Waals surface area contributed by atoms with Crippen LogP contribution in [0.3, 0.4) is 0 Å². The second-order valence-corrected chi connectivity index (χ2v) is 5.99. The monoisotopic (exact) mass is 325 g/mol. The highest BCUT2D eigenvalue weighted by Crippen LogP contribution is 2.14. The molecule has 3 nitrogen and oxygen atoms in total. The first kappa shape index (κ1) is 14.5. The molecule has 1 aliphatic heterocycles. The summed E-state index contributed by atoms with van der Waals surface area (Å²) >= 11 is 3.42. The maximum atomic E-state index is 11.9. The first-order valence-electron chi connectivity index (χ1n) is 6.81. The van der Waals surface area contributed by atoms with E-state index in [-0.39, 0.29) is 18.1 Å². The van der Waals surface area contributed by atoms with Crippen molar-refractivity contribution in [2.45, 2.75) is 44.8 Å². The average molecular weight is 326 g/mol. The number of ether oxygens (including phenoxy) is 1. The van der Waals surface area contributed by atoms with Gasteiger partial charge >= 0.3 is 0 Å². The Labute approximate surface area is 122 Å². The maximum absolute atomic E-state index is 11.9. The fraction of sp³-hybridized carbons (Fsp3) is 0.533. The number of amides is 1. The van der Waals surface area contributed by atoms with Crippen molar-refractivity contribution in [3.05, 3.63) is 34.3 Å². The molecular weight excluding hydrogens is 306 g/mol. The topological polar surface area (TPSA) is 38.3 Å². The van der Waals surface area contributed by atoms with Gasteiger partial charge in [0.25, 0.3) is 0 Å². The predicted molar refractivity (Wildman–Crippen MR) is 79.0 cm³/mol. The number of carbonyl (C=O) groups is 1. The summed E-state index contributed by atoms with van der Waals surface area (Å²) in [4.78, 5) is 11.9. The molecule has 0 saturated carbocycles. The van der Waals surface area contributed by atoms with Crippen LogP contribution in [0.25, 0.3) is 0 Å². The molecule has 1 heterocycles. The van der Waals surface area contributed by atoms with Crippen LogP contribution in [0.2, 0.25) is 0 Å². The van der Waals surface area contributed by atoms with Crippen molar-refractivity contribution in [1.82, 2.24) is 5.32 Å². The number of benzene rings is 1. The summed E-state index contributed by atoms with van der Waals surface area (Å²) in [6.45, 7) is 2.76. The largest absolute Gasteiger partial charge is 0.368 e. The summed E-state index contributed by atoms with van der Waals surface area (Å²) in [5.41, 5.74) is 1.29. The molecule has 104 valence electrons. The van der Waals surface area contributed by atoms with Crippen molar-refractivity contribution in [1.29, 1.82) is 0 Å². The molecule has 0 spiro atoms. The smallest absolute Gasteiger partial charge is 0.249 e. The number of carbonyl (C=O) groups excluding carboxylic acids is 1. The maximum Gasteiger partial charge on any atom is 0.249 e. The van der Waals surface area contributed by atoms with Gasteiger partial charge < -0.3 is 10.1 Å². The van der Waals surface area contributed by atoms with Crippen LogP contribution in [0.15, 0.2) is 28.7 Å². The highest BCUT2D eigenvalue weighted by Gasteiger charge is 2.24. The number of aryl methyl sites for hydroxylation is 1. The van der Waals surface area contributed by atoms with Crippen molar-refractivity contribution in [3.8, 4) is 0 Å². The molecule has 1 N–H and O–H groups in total. The number of nitrogens with one attached hydrogen (secondary N) is 1. The first-order valence-corrected chi connectivity index (χ1v) is 7.61. The number of halogens is 1. The van der Waals surface area contributed by atoms with Crippen molar-refractivity contribution in [3.63, 3.8) is 0 Å². The fourth-order valence-electron chi connectivity index (χ4n) is 2.23. The lowest BCUT2D eigenvalue weighted by molar-refractivity contribution is -0.130. The third-order valence-electron chi connectivity index (χ3n) is 3.39. The molecule has 2 unspecified atom stereocenters. The minimum absolute atomic E-state index is 0.0424. The van der Waals surface area contributed by atoms with Gasteiger partial charge in [-0.15, -0.1) is 0 Å². The zero-order chi connectivity index (χ0) is 13.7. The molecule has 0 radical (unpaired) electrons. The number of hydrogen-bond acceptors (Lipinski definition) is 2. The molecule has 1 aromatic rings. The summed E-state index contributed by atoms with van der Waals surface area (Å²) in [7, 11) is 0. The number of hydrogen-bond donors (Lipinski definition) is 1. The predicted octanol–water partition coefficient (Wildman–Crippen LogP) is 3.07. The lowest BCUT2D eigenvalue weighted by Crippen LogP contribution is -2.39. The van der Waals surface area contributed by atoms with Gasteiger partial charge in [-0.3, -0.25) is 4.79 Å². The van der Waals surface area contributed by atoms with E-state index in [0.717, 1.165) is 30.2 Å². The minimum atomic E-state index is -0.227. The van der Waals surface area contributed by atoms with Crippen LogP contribution in [-0.2, 0) is 16.0 Å². The van der Waals surface area contributed by atoms with Gasteiger partial charge in [0, 0.05) is 17.1 Å². The van der Waals surface area contributed by atoms with E-state index in [9.17, 15) is 4.79 Å². The minimum Gasteiger partial charge on any atom is -0.368 e. The number of rotatable bonds is 5. The highest BCUT2D eigenvalue weighted by atomic mass is 79.9. The summed E-state index contributed by atoms with van der Waals surface area (Å²) < 4.78 is 6.47. The second kappa shape index (κ2) is 7.06. The van der Waals surface area contributed by atoms with Gasteiger partial charge in [-0.05, 0) is 50.3 Å². The van der Waals surface area contributed by atoms with E-state index in [4.69, 9.17) is 4.74 Å². The van der Waals surface area contributed by atoms with Crippen LogP contribution in [0, 0.1) is 0 Å². The molecule has 2 atom stereocenters. The Hall–Kier alpha value is -0.870. The van der Waals surface area contributed by atoms with Gasteiger partial charge in [0.05, 0.1) is 0 Å². The van der Waals surface area contributed by atoms with Gasteiger partial charge in [0.15, 0.2) is 0 Å². The normalized spacial score (nSPS) is 20.2. The van der Waals surface area contributed by atoms with Crippen LogP contribution >= 0.6 is 15.9 Å². The summed E-state index contributed by atoms with van der Waals surface area (Å²) in [6.07, 6.45) is 3.53. The van der Waals surface area contributed by atoms with Gasteiger partial charge in [0.1, 0.15) is 6.10 Å². The van der Waals surface area contributed by atoms with Gasteiger partial charge in [-0.25, -0.2) is 0 Å². The van der Waals surface area contributed by atoms with Crippen LogP contribution in [-0.4, -0.2) is 24.7 Å². The SMILES string of the molecule is CC(CCc1ccc(Br)cc1)NC(=O)C1CCCO1. The lowest BCUT2D eigenvalue weighted by atomic mass is 10.1. The lowest BCUT2D eigenvalue weighted by Gasteiger charge is -2.16. The van der Waals surface area contributed by atoms with E-state index < -0.39 is 0 Å². The van der Waals surface area contributed by atoms with E-state index in [0.29, 0.717) is 6.61 Å². The van der Waals surface area contributed by atoms with E-state index >= 15 is 0 Å². The van der Waals surface area contributed by atoms with Crippen LogP contribution in [0.4, 0.5) is 0 Å². The van der Waals surface area contributed by atoms with Gasteiger partial charge in [-0.1, -0.05) is 28.1 Å². The highest BCUT2D eigenvalue weighted by molar-refractivity contribution is 9.10. The molecule has 0 aliphatic carbocycles. The van der Waals surface area contributed by atoms with Crippen molar-refractivity contribution in [2.24, 2.45) is 0 Å². The molecule has 0 bridgehead atoms. The van der Waals surface area contributed by atoms with Gasteiger partial charge in [-0.2, -0.15) is 0 Å². The first-order chi connectivity index (χ1) is 9.15. The Balaban J connectivity index is 1.73. The Kier molecular flexibility index (Phi) is 5.40. The van der Waals surface area contributed by atoms with Crippen molar-refractivity contribution < 1.29 is 9.53 Å². The molecule has 1 amide bonds. The second-order valence-electron chi connectivity index (χ2n) is 5.08. The van der Waals surface area contributed by atoms with Gasteiger partial charge in [0.2, 0.25) is 5.91 Å². The Bertz CT molecular complexity index is 413. The molecule has 19 heavy (non-hydrogen) atoms. The standard InChI is InChI=1S/C15H20BrNO2/c1-11(17-15(18)14-3-2-10-19-14)4-5-12-6-8-13(16)9-7-12/h6-9,11,14H,2-5,10H2,1H3,(H,17,18). The summed E-state index contributed by atoms with van der Waals surface area (Å²) in [5.74, 6) is 0.0424. The van der Waals surface area contributed by atoms with Crippen LogP contribution in [0.1, 0.15) is 31.7 Å².